The minimum absolute atomic E-state index is 0.0689. The molecule has 2 rings (SSSR count). The van der Waals surface area contributed by atoms with Crippen LogP contribution in [0.1, 0.15) is 28.9 Å². The van der Waals surface area contributed by atoms with Crippen LogP contribution in [-0.2, 0) is 0 Å². The van der Waals surface area contributed by atoms with Crippen molar-refractivity contribution < 1.29 is 4.79 Å². The Labute approximate surface area is 121 Å². The molecule has 5 nitrogen and oxygen atoms in total. The lowest BCUT2D eigenvalue weighted by Gasteiger charge is -2.16. The molecule has 0 saturated heterocycles. The predicted molar refractivity (Wildman–Crippen MR) is 80.7 cm³/mol. The Hall–Kier alpha value is -2.27. The quantitative estimate of drug-likeness (QED) is 0.806. The number of carbonyl (C=O) groups excluding carboxylic acids is 1. The average molecular weight is 291 g/mol. The summed E-state index contributed by atoms with van der Waals surface area (Å²) in [6.07, 6.45) is 1.40. The number of anilines is 2. The summed E-state index contributed by atoms with van der Waals surface area (Å²) in [6.45, 7) is 1.95. The highest BCUT2D eigenvalue weighted by Gasteiger charge is 2.12. The minimum atomic E-state index is -0.585. The number of hydrogen-bond donors (Lipinski definition) is 3. The number of nitrogens with two attached hydrogens (primary N) is 2. The number of nitrogens with one attached hydrogen (secondary N) is 1. The van der Waals surface area contributed by atoms with Gasteiger partial charge in [0.25, 0.3) is 5.91 Å². The van der Waals surface area contributed by atoms with Crippen LogP contribution in [0.4, 0.5) is 11.5 Å². The standard InChI is InChI=1S/C14H15ClN4O/c1-8(9-4-2-3-5-11(9)15)19-13-6-10(14(17)20)12(16)7-18-13/h2-8H,16H2,1H3,(H2,17,20)(H,18,19). The number of nitrogens with zero attached hydrogens (tertiary/aromatic N) is 1. The van der Waals surface area contributed by atoms with Crippen LogP contribution in [-0.4, -0.2) is 10.9 Å². The van der Waals surface area contributed by atoms with E-state index in [1.807, 2.05) is 31.2 Å². The highest BCUT2D eigenvalue weighted by atomic mass is 35.5. The van der Waals surface area contributed by atoms with Crippen molar-refractivity contribution in [2.75, 3.05) is 11.1 Å². The van der Waals surface area contributed by atoms with Crippen LogP contribution in [0.2, 0.25) is 5.02 Å². The molecule has 0 saturated carbocycles. The summed E-state index contributed by atoms with van der Waals surface area (Å²) in [4.78, 5) is 15.4. The molecule has 1 aromatic heterocycles. The van der Waals surface area contributed by atoms with Gasteiger partial charge in [0.05, 0.1) is 23.5 Å². The van der Waals surface area contributed by atoms with Crippen LogP contribution < -0.4 is 16.8 Å². The van der Waals surface area contributed by atoms with Gasteiger partial charge in [-0.15, -0.1) is 0 Å². The van der Waals surface area contributed by atoms with Crippen LogP contribution in [0.5, 0.6) is 0 Å². The lowest BCUT2D eigenvalue weighted by molar-refractivity contribution is 0.100. The van der Waals surface area contributed by atoms with Gasteiger partial charge in [-0.1, -0.05) is 29.8 Å². The molecule has 1 aromatic carbocycles. The van der Waals surface area contributed by atoms with Crippen molar-refractivity contribution in [1.82, 2.24) is 4.98 Å². The molecule has 0 radical (unpaired) electrons. The first-order valence-corrected chi connectivity index (χ1v) is 6.43. The molecular formula is C14H15ClN4O. The van der Waals surface area contributed by atoms with Crippen LogP contribution in [0.15, 0.2) is 36.5 Å². The molecule has 5 N–H and O–H groups in total. The fourth-order valence-corrected chi connectivity index (χ4v) is 2.18. The predicted octanol–water partition coefficient (Wildman–Crippen LogP) is 2.59. The number of hydrogen-bond acceptors (Lipinski definition) is 4. The monoisotopic (exact) mass is 290 g/mol. The summed E-state index contributed by atoms with van der Waals surface area (Å²) in [6, 6.07) is 8.98. The van der Waals surface area contributed by atoms with Gasteiger partial charge >= 0.3 is 0 Å². The van der Waals surface area contributed by atoms with E-state index in [9.17, 15) is 4.79 Å². The van der Waals surface area contributed by atoms with Crippen LogP contribution in [0.25, 0.3) is 0 Å². The molecule has 1 unspecified atom stereocenters. The Bertz CT molecular complexity index is 645. The highest BCUT2D eigenvalue weighted by Crippen LogP contribution is 2.25. The molecule has 0 fully saturated rings. The highest BCUT2D eigenvalue weighted by molar-refractivity contribution is 6.31. The van der Waals surface area contributed by atoms with E-state index in [4.69, 9.17) is 23.1 Å². The SMILES string of the molecule is CC(Nc1cc(C(N)=O)c(N)cn1)c1ccccc1Cl. The third kappa shape index (κ3) is 3.00. The molecule has 1 amide bonds. The second-order valence-electron chi connectivity index (χ2n) is 4.41. The summed E-state index contributed by atoms with van der Waals surface area (Å²) in [5.41, 5.74) is 12.3. The van der Waals surface area contributed by atoms with Crippen LogP contribution >= 0.6 is 11.6 Å². The average Bonchev–Trinajstić information content (AvgIpc) is 2.41. The normalized spacial score (nSPS) is 11.9. The number of halogens is 1. The molecule has 2 aromatic rings. The fourth-order valence-electron chi connectivity index (χ4n) is 1.88. The van der Waals surface area contributed by atoms with Crippen LogP contribution in [0.3, 0.4) is 0 Å². The van der Waals surface area contributed by atoms with Gasteiger partial charge in [0.1, 0.15) is 5.82 Å². The molecule has 0 spiro atoms. The van der Waals surface area contributed by atoms with E-state index in [1.165, 1.54) is 12.3 Å². The Morgan fingerprint density at radius 1 is 1.40 bits per heavy atom. The summed E-state index contributed by atoms with van der Waals surface area (Å²) in [5.74, 6) is -0.0706. The van der Waals surface area contributed by atoms with E-state index in [0.717, 1.165) is 5.56 Å². The number of rotatable bonds is 4. The van der Waals surface area contributed by atoms with Crippen molar-refractivity contribution in [3.05, 3.63) is 52.7 Å². The van der Waals surface area contributed by atoms with E-state index in [-0.39, 0.29) is 17.3 Å². The number of nitrogen functional groups attached to an aromatic ring is 1. The van der Waals surface area contributed by atoms with E-state index in [0.29, 0.717) is 10.8 Å². The molecule has 104 valence electrons. The molecule has 1 atom stereocenters. The molecule has 20 heavy (non-hydrogen) atoms. The van der Waals surface area contributed by atoms with E-state index >= 15 is 0 Å². The van der Waals surface area contributed by atoms with Crippen molar-refractivity contribution in [3.8, 4) is 0 Å². The van der Waals surface area contributed by atoms with Gasteiger partial charge in [-0.2, -0.15) is 0 Å². The molecular weight excluding hydrogens is 276 g/mol. The second-order valence-corrected chi connectivity index (χ2v) is 4.82. The van der Waals surface area contributed by atoms with Gasteiger partial charge < -0.3 is 16.8 Å². The number of amides is 1. The largest absolute Gasteiger partial charge is 0.397 e. The topological polar surface area (TPSA) is 94.0 Å². The Morgan fingerprint density at radius 2 is 2.10 bits per heavy atom. The summed E-state index contributed by atoms with van der Waals surface area (Å²) in [5, 5.41) is 3.83. The van der Waals surface area contributed by atoms with Gasteiger partial charge in [-0.05, 0) is 24.6 Å². The van der Waals surface area contributed by atoms with Crippen molar-refractivity contribution in [3.63, 3.8) is 0 Å². The second kappa shape index (κ2) is 5.79. The molecule has 0 aliphatic rings. The molecule has 0 aliphatic heterocycles. The number of benzene rings is 1. The summed E-state index contributed by atoms with van der Waals surface area (Å²) in [7, 11) is 0. The molecule has 0 bridgehead atoms. The van der Waals surface area contributed by atoms with Crippen LogP contribution in [0, 0.1) is 0 Å². The smallest absolute Gasteiger partial charge is 0.250 e. The maximum absolute atomic E-state index is 11.2. The first-order chi connectivity index (χ1) is 9.49. The summed E-state index contributed by atoms with van der Waals surface area (Å²) >= 11 is 6.14. The zero-order chi connectivity index (χ0) is 14.7. The number of carbonyl (C=O) groups is 1. The number of aromatic nitrogens is 1. The fraction of sp³-hybridized carbons (Fsp3) is 0.143. The lowest BCUT2D eigenvalue weighted by atomic mass is 10.1. The molecule has 0 aliphatic carbocycles. The van der Waals surface area contributed by atoms with Gasteiger partial charge in [-0.25, -0.2) is 4.98 Å². The first kappa shape index (κ1) is 14.1. The lowest BCUT2D eigenvalue weighted by Crippen LogP contribution is -2.15. The van der Waals surface area contributed by atoms with Crippen molar-refractivity contribution in [2.45, 2.75) is 13.0 Å². The minimum Gasteiger partial charge on any atom is -0.397 e. The van der Waals surface area contributed by atoms with Crippen molar-refractivity contribution in [1.29, 1.82) is 0 Å². The Balaban J connectivity index is 2.24. The van der Waals surface area contributed by atoms with E-state index in [2.05, 4.69) is 10.3 Å². The van der Waals surface area contributed by atoms with Gasteiger partial charge in [0.2, 0.25) is 0 Å². The Morgan fingerprint density at radius 3 is 2.75 bits per heavy atom. The van der Waals surface area contributed by atoms with E-state index in [1.54, 1.807) is 0 Å². The van der Waals surface area contributed by atoms with Gasteiger partial charge in [0, 0.05) is 5.02 Å². The third-order valence-electron chi connectivity index (χ3n) is 2.94. The van der Waals surface area contributed by atoms with E-state index < -0.39 is 5.91 Å². The van der Waals surface area contributed by atoms with Gasteiger partial charge in [-0.3, -0.25) is 4.79 Å². The van der Waals surface area contributed by atoms with Crippen molar-refractivity contribution in [2.24, 2.45) is 5.73 Å². The maximum atomic E-state index is 11.2. The zero-order valence-corrected chi connectivity index (χ0v) is 11.7. The molecule has 1 heterocycles. The Kier molecular flexibility index (Phi) is 4.10. The maximum Gasteiger partial charge on any atom is 0.250 e. The van der Waals surface area contributed by atoms with Gasteiger partial charge in [0.15, 0.2) is 0 Å². The third-order valence-corrected chi connectivity index (χ3v) is 3.28. The summed E-state index contributed by atoms with van der Waals surface area (Å²) < 4.78 is 0. The number of pyridine rings is 1. The first-order valence-electron chi connectivity index (χ1n) is 6.05. The number of primary amides is 1. The molecule has 6 heteroatoms. The zero-order valence-electron chi connectivity index (χ0n) is 10.9. The van der Waals surface area contributed by atoms with Crippen molar-refractivity contribution >= 4 is 29.0 Å².